The first-order valence-corrected chi connectivity index (χ1v) is 10.5. The first kappa shape index (κ1) is 20.1. The number of nitrogens with zero attached hydrogens (tertiary/aromatic N) is 3. The van der Waals surface area contributed by atoms with E-state index in [-0.39, 0.29) is 11.4 Å². The minimum atomic E-state index is -0.261. The van der Waals surface area contributed by atoms with E-state index in [2.05, 4.69) is 20.9 Å². The van der Waals surface area contributed by atoms with Crippen molar-refractivity contribution in [3.05, 3.63) is 100.0 Å². The Morgan fingerprint density at radius 3 is 2.53 bits per heavy atom. The largest absolute Gasteiger partial charge is 0.399 e. The summed E-state index contributed by atoms with van der Waals surface area (Å²) in [7, 11) is 0. The zero-order chi connectivity index (χ0) is 22.1. The molecule has 1 aliphatic heterocycles. The third-order valence-electron chi connectivity index (χ3n) is 5.71. The number of benzene rings is 2. The van der Waals surface area contributed by atoms with E-state index in [4.69, 9.17) is 10.7 Å². The number of aromatic amines is 1. The van der Waals surface area contributed by atoms with Crippen LogP contribution < -0.4 is 11.3 Å². The summed E-state index contributed by atoms with van der Waals surface area (Å²) in [6, 6.07) is 15.8. The van der Waals surface area contributed by atoms with Crippen LogP contribution in [-0.4, -0.2) is 26.4 Å². The van der Waals surface area contributed by atoms with Crippen LogP contribution in [0.3, 0.4) is 0 Å². The monoisotopic (exact) mass is 427 g/mol. The minimum absolute atomic E-state index is 0.107. The van der Waals surface area contributed by atoms with Crippen LogP contribution >= 0.6 is 0 Å². The number of fused-ring (bicyclic) bond motifs is 1. The molecule has 3 N–H and O–H groups in total. The first-order chi connectivity index (χ1) is 15.5. The van der Waals surface area contributed by atoms with Crippen LogP contribution in [0.2, 0.25) is 0 Å². The molecule has 0 unspecified atom stereocenters. The van der Waals surface area contributed by atoms with Crippen molar-refractivity contribution in [2.24, 2.45) is 0 Å². The average Bonchev–Trinajstić information content (AvgIpc) is 2.80. The Hall–Kier alpha value is -3.84. The third kappa shape index (κ3) is 4.15. The molecule has 0 bridgehead atoms. The fourth-order valence-electron chi connectivity index (χ4n) is 4.03. The van der Waals surface area contributed by atoms with Crippen LogP contribution in [0.15, 0.2) is 71.8 Å². The Morgan fingerprint density at radius 1 is 1.00 bits per heavy atom. The molecule has 0 atom stereocenters. The van der Waals surface area contributed by atoms with Crippen molar-refractivity contribution >= 4 is 5.69 Å². The summed E-state index contributed by atoms with van der Waals surface area (Å²) in [4.78, 5) is 27.0. The van der Waals surface area contributed by atoms with Crippen molar-refractivity contribution in [2.75, 3.05) is 12.3 Å². The third-order valence-corrected chi connectivity index (χ3v) is 5.71. The van der Waals surface area contributed by atoms with Gasteiger partial charge in [-0.05, 0) is 53.6 Å². The number of nitrogens with one attached hydrogen (secondary N) is 1. The zero-order valence-corrected chi connectivity index (χ0v) is 17.4. The number of nitrogen functional groups attached to an aromatic ring is 1. The minimum Gasteiger partial charge on any atom is -0.399 e. The van der Waals surface area contributed by atoms with Crippen molar-refractivity contribution in [3.8, 4) is 22.5 Å². The van der Waals surface area contributed by atoms with Crippen LogP contribution in [0.5, 0.6) is 0 Å². The number of anilines is 1. The molecule has 0 radical (unpaired) electrons. The molecule has 0 fully saturated rings. The second-order valence-electron chi connectivity index (χ2n) is 8.01. The van der Waals surface area contributed by atoms with Gasteiger partial charge in [0, 0.05) is 55.3 Å². The lowest BCUT2D eigenvalue weighted by molar-refractivity contribution is 0.241. The molecule has 0 spiro atoms. The van der Waals surface area contributed by atoms with E-state index >= 15 is 0 Å². The fraction of sp³-hybridized carbons (Fsp3) is 0.160. The van der Waals surface area contributed by atoms with E-state index in [1.165, 1.54) is 12.1 Å². The molecule has 3 heterocycles. The van der Waals surface area contributed by atoms with E-state index in [0.717, 1.165) is 34.5 Å². The summed E-state index contributed by atoms with van der Waals surface area (Å²) in [6.07, 6.45) is 4.30. The molecule has 160 valence electrons. The zero-order valence-electron chi connectivity index (χ0n) is 17.4. The molecule has 4 aromatic rings. The van der Waals surface area contributed by atoms with Gasteiger partial charge in [-0.1, -0.05) is 12.1 Å². The van der Waals surface area contributed by atoms with Gasteiger partial charge in [0.1, 0.15) is 11.6 Å². The second-order valence-corrected chi connectivity index (χ2v) is 8.01. The Labute approximate surface area is 184 Å². The molecule has 1 aliphatic rings. The lowest BCUT2D eigenvalue weighted by Gasteiger charge is -2.27. The Balaban J connectivity index is 1.35. The number of pyridine rings is 1. The highest BCUT2D eigenvalue weighted by molar-refractivity contribution is 5.63. The van der Waals surface area contributed by atoms with Crippen LogP contribution in [0.4, 0.5) is 10.1 Å². The van der Waals surface area contributed by atoms with Crippen LogP contribution in [0.25, 0.3) is 22.5 Å². The number of halogens is 1. The highest BCUT2D eigenvalue weighted by Crippen LogP contribution is 2.23. The topological polar surface area (TPSA) is 87.9 Å². The van der Waals surface area contributed by atoms with Gasteiger partial charge in [0.05, 0.1) is 11.3 Å². The second kappa shape index (κ2) is 8.36. The lowest BCUT2D eigenvalue weighted by Crippen LogP contribution is -2.35. The predicted molar refractivity (Wildman–Crippen MR) is 122 cm³/mol. The molecule has 6 nitrogen and oxygen atoms in total. The number of rotatable bonds is 4. The van der Waals surface area contributed by atoms with Gasteiger partial charge in [-0.3, -0.25) is 14.7 Å². The van der Waals surface area contributed by atoms with Gasteiger partial charge in [-0.25, -0.2) is 9.37 Å². The maximum atomic E-state index is 13.2. The summed E-state index contributed by atoms with van der Waals surface area (Å²) < 4.78 is 13.2. The quantitative estimate of drug-likeness (QED) is 0.484. The fourth-order valence-corrected chi connectivity index (χ4v) is 4.03. The lowest BCUT2D eigenvalue weighted by atomic mass is 10.0. The molecular weight excluding hydrogens is 405 g/mol. The van der Waals surface area contributed by atoms with Crippen molar-refractivity contribution in [2.45, 2.75) is 19.5 Å². The molecule has 0 saturated heterocycles. The molecular formula is C25H22FN5O. The maximum Gasteiger partial charge on any atom is 0.255 e. The number of hydrogen-bond donors (Lipinski definition) is 2. The summed E-state index contributed by atoms with van der Waals surface area (Å²) >= 11 is 0. The molecule has 2 aromatic heterocycles. The Kier molecular flexibility index (Phi) is 5.25. The van der Waals surface area contributed by atoms with Crippen molar-refractivity contribution < 1.29 is 4.39 Å². The van der Waals surface area contributed by atoms with Gasteiger partial charge in [-0.2, -0.15) is 0 Å². The summed E-state index contributed by atoms with van der Waals surface area (Å²) in [6.45, 7) is 1.99. The van der Waals surface area contributed by atoms with Gasteiger partial charge in [0.15, 0.2) is 0 Å². The van der Waals surface area contributed by atoms with E-state index in [1.807, 2.05) is 18.3 Å². The highest BCUT2D eigenvalue weighted by Gasteiger charge is 2.22. The standard InChI is InChI=1S/C25H22FN5O/c26-20-5-1-17(2-6-20)19-11-16(12-28-13-19)14-31-10-9-23-22(15-31)25(32)30-24(29-23)18-3-7-21(27)8-4-18/h1-8,11-13H,9-10,14-15,27H2,(H,29,30,32). The maximum absolute atomic E-state index is 13.2. The molecule has 0 saturated carbocycles. The highest BCUT2D eigenvalue weighted by atomic mass is 19.1. The van der Waals surface area contributed by atoms with Gasteiger partial charge < -0.3 is 10.7 Å². The van der Waals surface area contributed by atoms with Crippen LogP contribution in [-0.2, 0) is 19.5 Å². The number of nitrogens with two attached hydrogens (primary N) is 1. The molecule has 0 amide bonds. The number of H-pyrrole nitrogens is 1. The molecule has 32 heavy (non-hydrogen) atoms. The first-order valence-electron chi connectivity index (χ1n) is 10.5. The van der Waals surface area contributed by atoms with Gasteiger partial charge in [-0.15, -0.1) is 0 Å². The van der Waals surface area contributed by atoms with E-state index in [9.17, 15) is 9.18 Å². The van der Waals surface area contributed by atoms with E-state index in [1.54, 1.807) is 30.5 Å². The summed E-state index contributed by atoms with van der Waals surface area (Å²) in [5, 5.41) is 0. The average molecular weight is 427 g/mol. The SMILES string of the molecule is Nc1ccc(-c2nc3c(c(=O)[nH]2)CN(Cc2cncc(-c4ccc(F)cc4)c2)CC3)cc1. The molecule has 2 aromatic carbocycles. The van der Waals surface area contributed by atoms with Crippen molar-refractivity contribution in [1.29, 1.82) is 0 Å². The van der Waals surface area contributed by atoms with Gasteiger partial charge in [0.2, 0.25) is 0 Å². The van der Waals surface area contributed by atoms with Crippen molar-refractivity contribution in [1.82, 2.24) is 19.9 Å². The smallest absolute Gasteiger partial charge is 0.255 e. The van der Waals surface area contributed by atoms with Gasteiger partial charge >= 0.3 is 0 Å². The van der Waals surface area contributed by atoms with Crippen LogP contribution in [0.1, 0.15) is 16.8 Å². The van der Waals surface area contributed by atoms with Crippen molar-refractivity contribution in [3.63, 3.8) is 0 Å². The Morgan fingerprint density at radius 2 is 1.75 bits per heavy atom. The van der Waals surface area contributed by atoms with E-state index in [0.29, 0.717) is 36.6 Å². The summed E-state index contributed by atoms with van der Waals surface area (Å²) in [5.74, 6) is 0.307. The normalized spacial score (nSPS) is 13.7. The molecule has 0 aliphatic carbocycles. The number of aromatic nitrogens is 3. The van der Waals surface area contributed by atoms with Crippen LogP contribution in [0, 0.1) is 5.82 Å². The molecule has 5 rings (SSSR count). The molecule has 7 heteroatoms. The van der Waals surface area contributed by atoms with E-state index < -0.39 is 0 Å². The Bertz CT molecular complexity index is 1320. The predicted octanol–water partition coefficient (Wildman–Crippen LogP) is 3.78. The van der Waals surface area contributed by atoms with Gasteiger partial charge in [0.25, 0.3) is 5.56 Å². The number of hydrogen-bond acceptors (Lipinski definition) is 5. The summed E-state index contributed by atoms with van der Waals surface area (Å²) in [5.41, 5.74) is 11.6.